The van der Waals surface area contributed by atoms with Crippen molar-refractivity contribution in [3.63, 3.8) is 0 Å². The lowest BCUT2D eigenvalue weighted by atomic mass is 9.99. The van der Waals surface area contributed by atoms with Gasteiger partial charge in [0.1, 0.15) is 23.1 Å². The minimum atomic E-state index is -0.328. The standard InChI is InChI=1S/C21H18N2O3/c1-13-5-4-6-18-20(13)17(12-23-18)21(24)15(11-22)9-14-7-8-16(25-2)10-19(14)26-3/h4-10,12,23H,1-3H3/b15-9-. The van der Waals surface area contributed by atoms with Crippen LogP contribution in [0.5, 0.6) is 11.5 Å². The summed E-state index contributed by atoms with van der Waals surface area (Å²) in [6.45, 7) is 1.94. The van der Waals surface area contributed by atoms with Crippen molar-refractivity contribution >= 4 is 22.8 Å². The van der Waals surface area contributed by atoms with E-state index in [4.69, 9.17) is 9.47 Å². The number of rotatable bonds is 5. The molecule has 0 aliphatic heterocycles. The zero-order valence-corrected chi connectivity index (χ0v) is 14.8. The molecular weight excluding hydrogens is 328 g/mol. The Morgan fingerprint density at radius 1 is 1.19 bits per heavy atom. The third-order valence-electron chi connectivity index (χ3n) is 4.26. The van der Waals surface area contributed by atoms with Crippen molar-refractivity contribution in [2.75, 3.05) is 14.2 Å². The van der Waals surface area contributed by atoms with Gasteiger partial charge in [-0.25, -0.2) is 0 Å². The average molecular weight is 346 g/mol. The van der Waals surface area contributed by atoms with Crippen molar-refractivity contribution in [2.24, 2.45) is 0 Å². The molecule has 2 aromatic carbocycles. The first-order chi connectivity index (χ1) is 12.6. The van der Waals surface area contributed by atoms with E-state index in [-0.39, 0.29) is 11.4 Å². The van der Waals surface area contributed by atoms with E-state index >= 15 is 0 Å². The zero-order valence-electron chi connectivity index (χ0n) is 14.8. The van der Waals surface area contributed by atoms with Gasteiger partial charge in [-0.3, -0.25) is 4.79 Å². The highest BCUT2D eigenvalue weighted by Crippen LogP contribution is 2.28. The molecule has 3 rings (SSSR count). The number of hydrogen-bond donors (Lipinski definition) is 1. The van der Waals surface area contributed by atoms with E-state index in [9.17, 15) is 10.1 Å². The van der Waals surface area contributed by atoms with Gasteiger partial charge >= 0.3 is 0 Å². The van der Waals surface area contributed by atoms with Gasteiger partial charge in [0, 0.05) is 34.3 Å². The highest BCUT2D eigenvalue weighted by molar-refractivity contribution is 6.20. The molecule has 5 nitrogen and oxygen atoms in total. The Balaban J connectivity index is 2.07. The summed E-state index contributed by atoms with van der Waals surface area (Å²) in [5, 5.41) is 10.4. The topological polar surface area (TPSA) is 75.1 Å². The normalized spacial score (nSPS) is 11.2. The number of aromatic nitrogens is 1. The molecule has 0 aliphatic rings. The molecule has 0 saturated carbocycles. The van der Waals surface area contributed by atoms with E-state index in [1.165, 1.54) is 13.2 Å². The summed E-state index contributed by atoms with van der Waals surface area (Å²) in [6.07, 6.45) is 3.19. The number of methoxy groups -OCH3 is 2. The number of fused-ring (bicyclic) bond motifs is 1. The smallest absolute Gasteiger partial charge is 0.205 e. The molecule has 0 radical (unpaired) electrons. The highest BCUT2D eigenvalue weighted by atomic mass is 16.5. The third-order valence-corrected chi connectivity index (χ3v) is 4.26. The van der Waals surface area contributed by atoms with Crippen molar-refractivity contribution in [2.45, 2.75) is 6.92 Å². The molecule has 26 heavy (non-hydrogen) atoms. The monoisotopic (exact) mass is 346 g/mol. The van der Waals surface area contributed by atoms with E-state index in [1.807, 2.05) is 31.2 Å². The lowest BCUT2D eigenvalue weighted by molar-refractivity contribution is 0.104. The van der Waals surface area contributed by atoms with Crippen LogP contribution in [0.25, 0.3) is 17.0 Å². The fourth-order valence-electron chi connectivity index (χ4n) is 2.93. The quantitative estimate of drug-likeness (QED) is 0.425. The first-order valence-electron chi connectivity index (χ1n) is 8.04. The molecule has 130 valence electrons. The molecule has 0 amide bonds. The van der Waals surface area contributed by atoms with Gasteiger partial charge < -0.3 is 14.5 Å². The Morgan fingerprint density at radius 3 is 2.69 bits per heavy atom. The van der Waals surface area contributed by atoms with Crippen molar-refractivity contribution in [1.29, 1.82) is 5.26 Å². The Hall–Kier alpha value is -3.52. The number of hydrogen-bond acceptors (Lipinski definition) is 4. The second-order valence-electron chi connectivity index (χ2n) is 5.81. The number of aryl methyl sites for hydroxylation is 1. The Morgan fingerprint density at radius 2 is 2.00 bits per heavy atom. The van der Waals surface area contributed by atoms with Gasteiger partial charge in [0.05, 0.1) is 14.2 Å². The Kier molecular flexibility index (Phi) is 4.76. The van der Waals surface area contributed by atoms with Gasteiger partial charge in [-0.15, -0.1) is 0 Å². The molecule has 5 heteroatoms. The summed E-state index contributed by atoms with van der Waals surface area (Å²) < 4.78 is 10.5. The molecule has 0 aliphatic carbocycles. The van der Waals surface area contributed by atoms with Crippen LogP contribution in [0.4, 0.5) is 0 Å². The molecular formula is C21H18N2O3. The lowest BCUT2D eigenvalue weighted by Gasteiger charge is -2.08. The van der Waals surface area contributed by atoms with Crippen LogP contribution >= 0.6 is 0 Å². The molecule has 0 spiro atoms. The van der Waals surface area contributed by atoms with Crippen LogP contribution < -0.4 is 9.47 Å². The van der Waals surface area contributed by atoms with Crippen LogP contribution in [0.3, 0.4) is 0 Å². The third kappa shape index (κ3) is 3.05. The molecule has 0 fully saturated rings. The van der Waals surface area contributed by atoms with Crippen LogP contribution in [-0.2, 0) is 0 Å². The highest BCUT2D eigenvalue weighted by Gasteiger charge is 2.18. The number of nitriles is 1. The summed E-state index contributed by atoms with van der Waals surface area (Å²) >= 11 is 0. The maximum atomic E-state index is 13.0. The molecule has 0 atom stereocenters. The van der Waals surface area contributed by atoms with E-state index in [0.29, 0.717) is 22.6 Å². The second kappa shape index (κ2) is 7.16. The summed E-state index contributed by atoms with van der Waals surface area (Å²) in [5.74, 6) is 0.835. The average Bonchev–Trinajstić information content (AvgIpc) is 3.11. The van der Waals surface area contributed by atoms with Gasteiger partial charge in [-0.2, -0.15) is 5.26 Å². The van der Waals surface area contributed by atoms with E-state index in [2.05, 4.69) is 4.98 Å². The fraction of sp³-hybridized carbons (Fsp3) is 0.143. The number of benzene rings is 2. The van der Waals surface area contributed by atoms with E-state index in [1.54, 1.807) is 31.5 Å². The summed E-state index contributed by atoms with van der Waals surface area (Å²) in [7, 11) is 3.09. The number of H-pyrrole nitrogens is 1. The molecule has 0 bridgehead atoms. The predicted molar refractivity (Wildman–Crippen MR) is 101 cm³/mol. The van der Waals surface area contributed by atoms with Crippen molar-refractivity contribution in [3.8, 4) is 17.6 Å². The maximum absolute atomic E-state index is 13.0. The van der Waals surface area contributed by atoms with Gasteiger partial charge in [-0.05, 0) is 36.8 Å². The van der Waals surface area contributed by atoms with Gasteiger partial charge in [-0.1, -0.05) is 12.1 Å². The van der Waals surface area contributed by atoms with E-state index < -0.39 is 0 Å². The van der Waals surface area contributed by atoms with Gasteiger partial charge in [0.2, 0.25) is 5.78 Å². The predicted octanol–water partition coefficient (Wildman–Crippen LogP) is 4.28. The molecule has 1 aromatic heterocycles. The number of carbonyl (C=O) groups is 1. The number of carbonyl (C=O) groups excluding carboxylic acids is 1. The van der Waals surface area contributed by atoms with Gasteiger partial charge in [0.15, 0.2) is 0 Å². The molecule has 0 saturated heterocycles. The summed E-state index contributed by atoms with van der Waals surface area (Å²) in [6, 6.07) is 13.0. The summed E-state index contributed by atoms with van der Waals surface area (Å²) in [5.41, 5.74) is 3.00. The first-order valence-corrected chi connectivity index (χ1v) is 8.04. The number of ketones is 1. The van der Waals surface area contributed by atoms with Crippen LogP contribution in [0, 0.1) is 18.3 Å². The zero-order chi connectivity index (χ0) is 18.7. The number of Topliss-reactive ketones (excluding diaryl/α,β-unsaturated/α-hetero) is 1. The minimum Gasteiger partial charge on any atom is -0.497 e. The van der Waals surface area contributed by atoms with Crippen LogP contribution in [0.15, 0.2) is 48.2 Å². The van der Waals surface area contributed by atoms with Crippen LogP contribution in [0.1, 0.15) is 21.5 Å². The summed E-state index contributed by atoms with van der Waals surface area (Å²) in [4.78, 5) is 16.0. The molecule has 3 aromatic rings. The van der Waals surface area contributed by atoms with Crippen molar-refractivity contribution < 1.29 is 14.3 Å². The number of allylic oxidation sites excluding steroid dienone is 1. The maximum Gasteiger partial charge on any atom is 0.205 e. The van der Waals surface area contributed by atoms with E-state index in [0.717, 1.165) is 16.5 Å². The lowest BCUT2D eigenvalue weighted by Crippen LogP contribution is -2.02. The Labute approximate surface area is 151 Å². The van der Waals surface area contributed by atoms with Crippen molar-refractivity contribution in [3.05, 3.63) is 64.9 Å². The SMILES string of the molecule is COc1ccc(/C=C(/C#N)C(=O)c2c[nH]c3cccc(C)c23)c(OC)c1. The minimum absolute atomic E-state index is 0.0395. The number of aromatic amines is 1. The number of nitrogens with zero attached hydrogens (tertiary/aromatic N) is 1. The largest absolute Gasteiger partial charge is 0.497 e. The first kappa shape index (κ1) is 17.3. The second-order valence-corrected chi connectivity index (χ2v) is 5.81. The molecule has 1 N–H and O–H groups in total. The van der Waals surface area contributed by atoms with Crippen LogP contribution in [0.2, 0.25) is 0 Å². The van der Waals surface area contributed by atoms with Crippen molar-refractivity contribution in [1.82, 2.24) is 4.98 Å². The number of nitrogens with one attached hydrogen (secondary N) is 1. The molecule has 0 unspecified atom stereocenters. The van der Waals surface area contributed by atoms with Crippen LogP contribution in [-0.4, -0.2) is 25.0 Å². The number of ether oxygens (including phenoxy) is 2. The van der Waals surface area contributed by atoms with Gasteiger partial charge in [0.25, 0.3) is 0 Å². The molecule has 1 heterocycles. The fourth-order valence-corrected chi connectivity index (χ4v) is 2.93. The Bertz CT molecular complexity index is 1050.